The van der Waals surface area contributed by atoms with E-state index in [1.165, 1.54) is 0 Å². The zero-order chi connectivity index (χ0) is 11.4. The first-order chi connectivity index (χ1) is 7.06. The van der Waals surface area contributed by atoms with Crippen molar-refractivity contribution in [2.75, 3.05) is 0 Å². The van der Waals surface area contributed by atoms with E-state index in [4.69, 9.17) is 23.2 Å². The van der Waals surface area contributed by atoms with Crippen LogP contribution < -0.4 is 0 Å². The molecule has 4 heteroatoms. The second kappa shape index (κ2) is 5.84. The molecule has 2 atom stereocenters. The van der Waals surface area contributed by atoms with Crippen LogP contribution in [-0.4, -0.2) is 11.2 Å². The normalized spacial score (nSPS) is 13.3. The van der Waals surface area contributed by atoms with Crippen LogP contribution >= 0.6 is 31.8 Å². The zero-order valence-corrected chi connectivity index (χ0v) is 11.2. The summed E-state index contributed by atoms with van der Waals surface area (Å²) in [5, 5.41) is 0.895. The maximum absolute atomic E-state index is 11.9. The van der Waals surface area contributed by atoms with Crippen LogP contribution in [0.5, 0.6) is 0 Å². The van der Waals surface area contributed by atoms with Crippen molar-refractivity contribution in [1.29, 1.82) is 0 Å². The van der Waals surface area contributed by atoms with E-state index >= 15 is 0 Å². The molecule has 0 aliphatic carbocycles. The molecule has 15 heavy (non-hydrogen) atoms. The molecule has 1 rings (SSSR count). The van der Waals surface area contributed by atoms with Gasteiger partial charge >= 0.3 is 0 Å². The minimum atomic E-state index is 0.0555. The van der Waals surface area contributed by atoms with Gasteiger partial charge in [0.1, 0.15) is 0 Å². The first kappa shape index (κ1) is 13.0. The first-order valence-corrected chi connectivity index (χ1v) is 6.64. The second-order valence-corrected chi connectivity index (χ2v) is 5.92. The third-order valence-corrected chi connectivity index (χ3v) is 4.22. The molecular weight excluding hydrogens is 250 g/mol. The van der Waals surface area contributed by atoms with Crippen LogP contribution in [0, 0.1) is 0 Å². The van der Waals surface area contributed by atoms with Crippen LogP contribution in [0.2, 0.25) is 10.0 Å². The molecule has 0 amide bonds. The van der Waals surface area contributed by atoms with E-state index in [9.17, 15) is 4.79 Å². The lowest BCUT2D eigenvalue weighted by molar-refractivity contribution is 0.108. The molecule has 0 fully saturated rings. The maximum atomic E-state index is 11.9. The topological polar surface area (TPSA) is 17.1 Å². The smallest absolute Gasteiger partial charge is 0.184 e. The van der Waals surface area contributed by atoms with Crippen LogP contribution in [-0.2, 0) is 0 Å². The van der Waals surface area contributed by atoms with Gasteiger partial charge in [-0.1, -0.05) is 43.1 Å². The molecule has 0 heterocycles. The monoisotopic (exact) mass is 262 g/mol. The molecule has 0 saturated heterocycles. The van der Waals surface area contributed by atoms with Crippen molar-refractivity contribution in [2.24, 2.45) is 0 Å². The summed E-state index contributed by atoms with van der Waals surface area (Å²) in [6.45, 7) is 4.13. The Bertz CT molecular complexity index is 345. The highest BCUT2D eigenvalue weighted by Gasteiger charge is 2.16. The Balaban J connectivity index is 2.91. The number of carbonyl (C=O) groups excluding carboxylic acids is 1. The lowest BCUT2D eigenvalue weighted by Crippen LogP contribution is -2.00. The van der Waals surface area contributed by atoms with Crippen molar-refractivity contribution < 1.29 is 4.79 Å². The Morgan fingerprint density at radius 1 is 1.40 bits per heavy atom. The van der Waals surface area contributed by atoms with E-state index in [-0.39, 0.29) is 14.1 Å². The molecule has 0 aliphatic rings. The van der Waals surface area contributed by atoms with Gasteiger partial charge in [-0.3, -0.25) is 4.79 Å². The summed E-state index contributed by atoms with van der Waals surface area (Å²) in [5.41, 5.74) is 0.921. The van der Waals surface area contributed by atoms with Crippen LogP contribution in [0.15, 0.2) is 18.2 Å². The summed E-state index contributed by atoms with van der Waals surface area (Å²) in [5.74, 6) is 0. The Morgan fingerprint density at radius 2 is 1.93 bits per heavy atom. The average molecular weight is 263 g/mol. The highest BCUT2D eigenvalue weighted by molar-refractivity contribution is 7.59. The van der Waals surface area contributed by atoms with Gasteiger partial charge in [0, 0.05) is 0 Å². The van der Waals surface area contributed by atoms with Crippen molar-refractivity contribution in [3.8, 4) is 0 Å². The number of halogens is 2. The third kappa shape index (κ3) is 3.45. The number of rotatable bonds is 4. The van der Waals surface area contributed by atoms with Gasteiger partial charge in [-0.05, 0) is 32.8 Å². The minimum absolute atomic E-state index is 0.0555. The highest BCUT2D eigenvalue weighted by Crippen LogP contribution is 2.33. The fraction of sp³-hybridized carbons (Fsp3) is 0.364. The predicted octanol–water partition coefficient (Wildman–Crippen LogP) is 4.61. The first-order valence-electron chi connectivity index (χ1n) is 4.81. The van der Waals surface area contributed by atoms with E-state index in [1.807, 2.05) is 0 Å². The fourth-order valence-corrected chi connectivity index (χ4v) is 2.91. The molecule has 1 aromatic rings. The number of benzene rings is 1. The predicted molar refractivity (Wildman–Crippen MR) is 68.9 cm³/mol. The SMILES string of the molecule is CCC(C)PC(=O)c1c(Cl)cccc1Cl. The summed E-state index contributed by atoms with van der Waals surface area (Å²) in [6.07, 6.45) is 0.992. The number of carbonyl (C=O) groups is 1. The zero-order valence-electron chi connectivity index (χ0n) is 8.68. The summed E-state index contributed by atoms with van der Waals surface area (Å²) in [4.78, 5) is 11.9. The Labute approximate surface area is 102 Å². The van der Waals surface area contributed by atoms with Gasteiger partial charge in [0.25, 0.3) is 0 Å². The molecule has 0 aromatic heterocycles. The van der Waals surface area contributed by atoms with Gasteiger partial charge in [-0.15, -0.1) is 0 Å². The van der Waals surface area contributed by atoms with Crippen molar-refractivity contribution in [3.05, 3.63) is 33.8 Å². The Kier molecular flexibility index (Phi) is 5.05. The highest BCUT2D eigenvalue weighted by atomic mass is 35.5. The van der Waals surface area contributed by atoms with Crippen LogP contribution in [0.25, 0.3) is 0 Å². The molecule has 0 radical (unpaired) electrons. The lowest BCUT2D eigenvalue weighted by Gasteiger charge is -2.09. The van der Waals surface area contributed by atoms with E-state index in [0.717, 1.165) is 6.42 Å². The van der Waals surface area contributed by atoms with Crippen molar-refractivity contribution in [1.82, 2.24) is 0 Å². The largest absolute Gasteiger partial charge is 0.289 e. The average Bonchev–Trinajstić information content (AvgIpc) is 2.17. The standard InChI is InChI=1S/C11H13Cl2OP/c1-3-7(2)15-11(14)10-8(12)5-4-6-9(10)13/h4-7,15H,3H2,1-2H3. The van der Waals surface area contributed by atoms with Crippen LogP contribution in [0.4, 0.5) is 0 Å². The van der Waals surface area contributed by atoms with Crippen LogP contribution in [0.1, 0.15) is 30.6 Å². The molecule has 1 nitrogen and oxygen atoms in total. The Morgan fingerprint density at radius 3 is 2.40 bits per heavy atom. The quantitative estimate of drug-likeness (QED) is 0.725. The molecular formula is C11H13Cl2OP. The van der Waals surface area contributed by atoms with Gasteiger partial charge in [0.15, 0.2) is 5.52 Å². The molecule has 0 N–H and O–H groups in total. The number of hydrogen-bond acceptors (Lipinski definition) is 1. The molecule has 1 aromatic carbocycles. The lowest BCUT2D eigenvalue weighted by atomic mass is 10.2. The van der Waals surface area contributed by atoms with Gasteiger partial charge in [-0.25, -0.2) is 0 Å². The van der Waals surface area contributed by atoms with Gasteiger partial charge < -0.3 is 0 Å². The molecule has 0 saturated carbocycles. The van der Waals surface area contributed by atoms with Gasteiger partial charge in [0.2, 0.25) is 0 Å². The second-order valence-electron chi connectivity index (χ2n) is 3.38. The molecule has 0 aliphatic heterocycles. The summed E-state index contributed by atoms with van der Waals surface area (Å²) in [7, 11) is 0.242. The summed E-state index contributed by atoms with van der Waals surface area (Å²) in [6, 6.07) is 5.14. The van der Waals surface area contributed by atoms with Crippen molar-refractivity contribution >= 4 is 37.3 Å². The third-order valence-electron chi connectivity index (χ3n) is 2.18. The molecule has 82 valence electrons. The van der Waals surface area contributed by atoms with Crippen molar-refractivity contribution in [3.63, 3.8) is 0 Å². The van der Waals surface area contributed by atoms with Gasteiger partial charge in [-0.2, -0.15) is 0 Å². The van der Waals surface area contributed by atoms with E-state index in [2.05, 4.69) is 13.8 Å². The van der Waals surface area contributed by atoms with Crippen LogP contribution in [0.3, 0.4) is 0 Å². The molecule has 0 spiro atoms. The van der Waals surface area contributed by atoms with E-state index < -0.39 is 0 Å². The van der Waals surface area contributed by atoms with Crippen molar-refractivity contribution in [2.45, 2.75) is 25.9 Å². The Hall–Kier alpha value is -0.100. The summed E-state index contributed by atoms with van der Waals surface area (Å²) >= 11 is 11.9. The fourth-order valence-electron chi connectivity index (χ4n) is 1.11. The van der Waals surface area contributed by atoms with Gasteiger partial charge in [0.05, 0.1) is 15.6 Å². The minimum Gasteiger partial charge on any atom is -0.289 e. The maximum Gasteiger partial charge on any atom is 0.184 e. The molecule has 2 unspecified atom stereocenters. The van der Waals surface area contributed by atoms with E-state index in [0.29, 0.717) is 21.3 Å². The summed E-state index contributed by atoms with van der Waals surface area (Å²) < 4.78 is 0. The molecule has 0 bridgehead atoms. The number of hydrogen-bond donors (Lipinski definition) is 0. The van der Waals surface area contributed by atoms with E-state index in [1.54, 1.807) is 18.2 Å².